The zero-order valence-electron chi connectivity index (χ0n) is 17.3. The van der Waals surface area contributed by atoms with Gasteiger partial charge in [0.1, 0.15) is 5.75 Å². The minimum atomic E-state index is -4.35. The van der Waals surface area contributed by atoms with Crippen molar-refractivity contribution in [2.75, 3.05) is 31.1 Å². The van der Waals surface area contributed by atoms with E-state index in [9.17, 15) is 13.2 Å². The van der Waals surface area contributed by atoms with Crippen molar-refractivity contribution in [3.8, 4) is 5.75 Å². The zero-order chi connectivity index (χ0) is 21.4. The van der Waals surface area contributed by atoms with Gasteiger partial charge in [-0.3, -0.25) is 0 Å². The van der Waals surface area contributed by atoms with Crippen LogP contribution in [0.1, 0.15) is 25.3 Å². The van der Waals surface area contributed by atoms with E-state index in [1.54, 1.807) is 23.5 Å². The van der Waals surface area contributed by atoms with Gasteiger partial charge in [0, 0.05) is 25.7 Å². The Morgan fingerprint density at radius 3 is 2.65 bits per heavy atom. The predicted octanol–water partition coefficient (Wildman–Crippen LogP) is 5.03. The number of hydrogen-bond donors (Lipinski definition) is 2. The van der Waals surface area contributed by atoms with Crippen molar-refractivity contribution in [1.82, 2.24) is 10.6 Å². The van der Waals surface area contributed by atoms with Gasteiger partial charge in [-0.2, -0.15) is 13.2 Å². The van der Waals surface area contributed by atoms with Crippen LogP contribution in [0.3, 0.4) is 0 Å². The Bertz CT molecular complexity index is 809. The molecule has 1 saturated heterocycles. The number of aliphatic imine (C=N–C) groups is 1. The molecule has 0 bridgehead atoms. The lowest BCUT2D eigenvalue weighted by Gasteiger charge is -2.33. The van der Waals surface area contributed by atoms with Crippen LogP contribution in [0.25, 0.3) is 0 Å². The molecule has 5 nitrogen and oxygen atoms in total. The quantitative estimate of drug-likeness (QED) is 0.280. The third-order valence-electron chi connectivity index (χ3n) is 4.72. The first-order valence-corrected chi connectivity index (χ1v) is 10.9. The highest BCUT2D eigenvalue weighted by Gasteiger charge is 2.28. The molecule has 2 heterocycles. The molecule has 1 aromatic carbocycles. The first-order valence-electron chi connectivity index (χ1n) is 10.0. The summed E-state index contributed by atoms with van der Waals surface area (Å²) in [7, 11) is 0. The molecule has 1 aliphatic heterocycles. The van der Waals surface area contributed by atoms with E-state index in [0.29, 0.717) is 18.5 Å². The maximum atomic E-state index is 12.3. The SMILES string of the molecule is CCNC(=NCc1cccc(OCC(F)(F)F)c1)NC1CCN(c2cccs2)CC1.I. The lowest BCUT2D eigenvalue weighted by molar-refractivity contribution is -0.153. The molecule has 2 N–H and O–H groups in total. The summed E-state index contributed by atoms with van der Waals surface area (Å²) in [6.07, 6.45) is -2.32. The number of ether oxygens (including phenoxy) is 1. The summed E-state index contributed by atoms with van der Waals surface area (Å²) < 4.78 is 41.8. The molecule has 0 saturated carbocycles. The topological polar surface area (TPSA) is 48.9 Å². The zero-order valence-corrected chi connectivity index (χ0v) is 20.5. The molecular weight excluding hydrogens is 540 g/mol. The van der Waals surface area contributed by atoms with Crippen molar-refractivity contribution >= 4 is 46.3 Å². The van der Waals surface area contributed by atoms with Crippen LogP contribution < -0.4 is 20.3 Å². The van der Waals surface area contributed by atoms with Crippen molar-refractivity contribution in [2.24, 2.45) is 4.99 Å². The molecule has 172 valence electrons. The highest BCUT2D eigenvalue weighted by Crippen LogP contribution is 2.25. The summed E-state index contributed by atoms with van der Waals surface area (Å²) in [6, 6.07) is 11.2. The Morgan fingerprint density at radius 2 is 2.00 bits per heavy atom. The predicted molar refractivity (Wildman–Crippen MR) is 131 cm³/mol. The fraction of sp³-hybridized carbons (Fsp3) is 0.476. The molecule has 2 aromatic rings. The Kier molecular flexibility index (Phi) is 10.2. The second kappa shape index (κ2) is 12.4. The van der Waals surface area contributed by atoms with Gasteiger partial charge in [-0.05, 0) is 55.0 Å². The van der Waals surface area contributed by atoms with Crippen LogP contribution in [0.15, 0.2) is 46.8 Å². The molecule has 10 heteroatoms. The summed E-state index contributed by atoms with van der Waals surface area (Å²) in [4.78, 5) is 7.00. The number of thiophene rings is 1. The molecule has 1 aromatic heterocycles. The first kappa shape index (κ1) is 25.6. The van der Waals surface area contributed by atoms with E-state index in [4.69, 9.17) is 4.74 Å². The van der Waals surface area contributed by atoms with Gasteiger partial charge in [0.15, 0.2) is 12.6 Å². The minimum Gasteiger partial charge on any atom is -0.484 e. The summed E-state index contributed by atoms with van der Waals surface area (Å²) in [6.45, 7) is 3.78. The van der Waals surface area contributed by atoms with E-state index in [0.717, 1.165) is 38.0 Å². The van der Waals surface area contributed by atoms with Crippen LogP contribution in [0, 0.1) is 0 Å². The van der Waals surface area contributed by atoms with Gasteiger partial charge in [0.2, 0.25) is 0 Å². The number of piperidine rings is 1. The van der Waals surface area contributed by atoms with E-state index in [-0.39, 0.29) is 29.7 Å². The highest BCUT2D eigenvalue weighted by molar-refractivity contribution is 14.0. The number of rotatable bonds is 7. The average molecular weight is 568 g/mol. The van der Waals surface area contributed by atoms with Crippen LogP contribution in [0.2, 0.25) is 0 Å². The minimum absolute atomic E-state index is 0. The van der Waals surface area contributed by atoms with Gasteiger partial charge >= 0.3 is 6.18 Å². The van der Waals surface area contributed by atoms with Crippen molar-refractivity contribution < 1.29 is 17.9 Å². The molecular formula is C21H28F3IN4OS. The number of anilines is 1. The van der Waals surface area contributed by atoms with Crippen LogP contribution in [-0.4, -0.2) is 44.4 Å². The summed E-state index contributed by atoms with van der Waals surface area (Å²) in [5.74, 6) is 0.910. The standard InChI is InChI=1S/C21H27F3N4OS.HI/c1-2-25-20(27-17-8-10-28(11-9-17)19-7-4-12-30-19)26-14-16-5-3-6-18(13-16)29-15-21(22,23)24;/h3-7,12-13,17H,2,8-11,14-15H2,1H3,(H2,25,26,27);1H. The smallest absolute Gasteiger partial charge is 0.422 e. The fourth-order valence-corrected chi connectivity index (χ4v) is 4.06. The van der Waals surface area contributed by atoms with E-state index >= 15 is 0 Å². The van der Waals surface area contributed by atoms with Gasteiger partial charge in [-0.25, -0.2) is 4.99 Å². The summed E-state index contributed by atoms with van der Waals surface area (Å²) in [5.41, 5.74) is 0.791. The molecule has 31 heavy (non-hydrogen) atoms. The van der Waals surface area contributed by atoms with Gasteiger partial charge < -0.3 is 20.3 Å². The fourth-order valence-electron chi connectivity index (χ4n) is 3.28. The number of nitrogens with zero attached hydrogens (tertiary/aromatic N) is 2. The van der Waals surface area contributed by atoms with Crippen molar-refractivity contribution in [1.29, 1.82) is 0 Å². The number of alkyl halides is 3. The van der Waals surface area contributed by atoms with Gasteiger partial charge in [0.05, 0.1) is 11.5 Å². The second-order valence-electron chi connectivity index (χ2n) is 7.10. The molecule has 0 spiro atoms. The monoisotopic (exact) mass is 568 g/mol. The molecule has 0 amide bonds. The van der Waals surface area contributed by atoms with Gasteiger partial charge in [-0.1, -0.05) is 12.1 Å². The summed E-state index contributed by atoms with van der Waals surface area (Å²) >= 11 is 1.76. The number of nitrogens with one attached hydrogen (secondary N) is 2. The number of benzene rings is 1. The third kappa shape index (κ3) is 8.76. The number of halogens is 4. The van der Waals surface area contributed by atoms with E-state index in [1.807, 2.05) is 13.0 Å². The first-order chi connectivity index (χ1) is 14.4. The lowest BCUT2D eigenvalue weighted by atomic mass is 10.1. The molecule has 0 aliphatic carbocycles. The van der Waals surface area contributed by atoms with Crippen LogP contribution >= 0.6 is 35.3 Å². The van der Waals surface area contributed by atoms with Gasteiger partial charge in [-0.15, -0.1) is 35.3 Å². The maximum absolute atomic E-state index is 12.3. The second-order valence-corrected chi connectivity index (χ2v) is 8.03. The molecule has 3 rings (SSSR count). The van der Waals surface area contributed by atoms with Crippen LogP contribution in [-0.2, 0) is 6.54 Å². The molecule has 1 fully saturated rings. The Labute approximate surface area is 202 Å². The molecule has 0 unspecified atom stereocenters. The Balaban J connectivity index is 0.00000341. The third-order valence-corrected chi connectivity index (χ3v) is 5.65. The Hall–Kier alpha value is -1.69. The maximum Gasteiger partial charge on any atom is 0.422 e. The van der Waals surface area contributed by atoms with E-state index in [2.05, 4.69) is 38.0 Å². The molecule has 0 atom stereocenters. The largest absolute Gasteiger partial charge is 0.484 e. The van der Waals surface area contributed by atoms with Crippen LogP contribution in [0.5, 0.6) is 5.75 Å². The highest BCUT2D eigenvalue weighted by atomic mass is 127. The number of guanidine groups is 1. The van der Waals surface area contributed by atoms with E-state index in [1.165, 1.54) is 11.1 Å². The van der Waals surface area contributed by atoms with Crippen molar-refractivity contribution in [2.45, 2.75) is 38.5 Å². The lowest BCUT2D eigenvalue weighted by Crippen LogP contribution is -2.48. The Morgan fingerprint density at radius 1 is 1.23 bits per heavy atom. The van der Waals surface area contributed by atoms with Crippen molar-refractivity contribution in [3.05, 3.63) is 47.3 Å². The van der Waals surface area contributed by atoms with E-state index < -0.39 is 12.8 Å². The number of hydrogen-bond acceptors (Lipinski definition) is 4. The molecule has 1 aliphatic rings. The average Bonchev–Trinajstić information content (AvgIpc) is 3.26. The van der Waals surface area contributed by atoms with Gasteiger partial charge in [0.25, 0.3) is 0 Å². The molecule has 0 radical (unpaired) electrons. The normalized spacial score (nSPS) is 15.4. The summed E-state index contributed by atoms with van der Waals surface area (Å²) in [5, 5.41) is 10.1. The van der Waals surface area contributed by atoms with Crippen LogP contribution in [0.4, 0.5) is 18.2 Å². The van der Waals surface area contributed by atoms with Crippen molar-refractivity contribution in [3.63, 3.8) is 0 Å².